The number of piperidine rings is 1. The molecule has 86 valence electrons. The maximum atomic E-state index is 11.6. The molecule has 1 spiro atoms. The van der Waals surface area contributed by atoms with Crippen LogP contribution in [0.5, 0.6) is 0 Å². The van der Waals surface area contributed by atoms with Crippen molar-refractivity contribution < 1.29 is 9.53 Å². The summed E-state index contributed by atoms with van der Waals surface area (Å²) in [5, 5.41) is 3.61. The second-order valence-electron chi connectivity index (χ2n) is 4.86. The molecule has 2 aliphatic rings. The average Bonchev–Trinajstić information content (AvgIpc) is 2.64. The normalized spacial score (nSPS) is 35.7. The van der Waals surface area contributed by atoms with Crippen molar-refractivity contribution in [1.82, 2.24) is 5.32 Å². The lowest BCUT2D eigenvalue weighted by Crippen LogP contribution is -2.46. The number of esters is 1. The monoisotopic (exact) mass is 211 g/mol. The second-order valence-corrected chi connectivity index (χ2v) is 4.86. The van der Waals surface area contributed by atoms with E-state index in [1.54, 1.807) is 0 Å². The van der Waals surface area contributed by atoms with Gasteiger partial charge in [0.05, 0.1) is 12.5 Å². The number of carbonyl (C=O) groups excluding carboxylic acids is 1. The Bertz CT molecular complexity index is 234. The minimum atomic E-state index is 0.0155. The Labute approximate surface area is 91.6 Å². The van der Waals surface area contributed by atoms with Gasteiger partial charge in [-0.3, -0.25) is 4.79 Å². The third-order valence-electron chi connectivity index (χ3n) is 3.81. The molecule has 0 bridgehead atoms. The fraction of sp³-hybridized carbons (Fsp3) is 0.917. The standard InChI is InChI=1S/C12H21NO2/c1-2-15-11(14)10-5-7-12(9-10)6-3-4-8-13-12/h10,13H,2-9H2,1H3. The van der Waals surface area contributed by atoms with E-state index < -0.39 is 0 Å². The zero-order chi connectivity index (χ0) is 10.7. The third kappa shape index (κ3) is 2.33. The third-order valence-corrected chi connectivity index (χ3v) is 3.81. The van der Waals surface area contributed by atoms with E-state index in [1.807, 2.05) is 6.92 Å². The van der Waals surface area contributed by atoms with E-state index in [2.05, 4.69) is 5.32 Å². The van der Waals surface area contributed by atoms with Crippen LogP contribution in [0.25, 0.3) is 0 Å². The molecule has 15 heavy (non-hydrogen) atoms. The van der Waals surface area contributed by atoms with E-state index in [9.17, 15) is 4.79 Å². The zero-order valence-corrected chi connectivity index (χ0v) is 9.55. The maximum Gasteiger partial charge on any atom is 0.308 e. The van der Waals surface area contributed by atoms with E-state index in [0.717, 1.165) is 25.8 Å². The molecular weight excluding hydrogens is 190 g/mol. The summed E-state index contributed by atoms with van der Waals surface area (Å²) in [5.74, 6) is 0.164. The van der Waals surface area contributed by atoms with Gasteiger partial charge in [-0.15, -0.1) is 0 Å². The smallest absolute Gasteiger partial charge is 0.308 e. The Balaban J connectivity index is 1.90. The van der Waals surface area contributed by atoms with Crippen LogP contribution in [0.4, 0.5) is 0 Å². The van der Waals surface area contributed by atoms with Crippen molar-refractivity contribution in [2.24, 2.45) is 5.92 Å². The lowest BCUT2D eigenvalue weighted by Gasteiger charge is -2.35. The van der Waals surface area contributed by atoms with Crippen molar-refractivity contribution in [1.29, 1.82) is 0 Å². The Morgan fingerprint density at radius 1 is 1.47 bits per heavy atom. The molecule has 1 saturated carbocycles. The first-order chi connectivity index (χ1) is 7.26. The van der Waals surface area contributed by atoms with Gasteiger partial charge in [-0.1, -0.05) is 6.42 Å². The van der Waals surface area contributed by atoms with E-state index >= 15 is 0 Å². The summed E-state index contributed by atoms with van der Waals surface area (Å²) >= 11 is 0. The fourth-order valence-corrected chi connectivity index (χ4v) is 3.01. The largest absolute Gasteiger partial charge is 0.466 e. The first-order valence-electron chi connectivity index (χ1n) is 6.17. The summed E-state index contributed by atoms with van der Waals surface area (Å²) in [6.45, 7) is 3.51. The number of ether oxygens (including phenoxy) is 1. The molecule has 0 aromatic carbocycles. The van der Waals surface area contributed by atoms with E-state index in [1.165, 1.54) is 19.3 Å². The Morgan fingerprint density at radius 2 is 2.33 bits per heavy atom. The van der Waals surface area contributed by atoms with Gasteiger partial charge in [-0.2, -0.15) is 0 Å². The van der Waals surface area contributed by atoms with Gasteiger partial charge in [0.1, 0.15) is 0 Å². The molecule has 0 radical (unpaired) electrons. The lowest BCUT2D eigenvalue weighted by atomic mass is 9.86. The fourth-order valence-electron chi connectivity index (χ4n) is 3.01. The van der Waals surface area contributed by atoms with Crippen molar-refractivity contribution in [2.45, 2.75) is 51.0 Å². The predicted octanol–water partition coefficient (Wildman–Crippen LogP) is 1.86. The van der Waals surface area contributed by atoms with Crippen molar-refractivity contribution in [2.75, 3.05) is 13.2 Å². The topological polar surface area (TPSA) is 38.3 Å². The lowest BCUT2D eigenvalue weighted by molar-refractivity contribution is -0.147. The first kappa shape index (κ1) is 10.9. The summed E-state index contributed by atoms with van der Waals surface area (Å²) in [6, 6.07) is 0. The molecule has 1 heterocycles. The van der Waals surface area contributed by atoms with Gasteiger partial charge in [0.2, 0.25) is 0 Å². The van der Waals surface area contributed by atoms with Gasteiger partial charge in [0.15, 0.2) is 0 Å². The van der Waals surface area contributed by atoms with Crippen LogP contribution < -0.4 is 5.32 Å². The van der Waals surface area contributed by atoms with Crippen LogP contribution >= 0.6 is 0 Å². The first-order valence-corrected chi connectivity index (χ1v) is 6.17. The van der Waals surface area contributed by atoms with Crippen molar-refractivity contribution in [3.05, 3.63) is 0 Å². The number of nitrogens with one attached hydrogen (secondary N) is 1. The molecule has 2 rings (SSSR count). The van der Waals surface area contributed by atoms with Crippen LogP contribution in [-0.2, 0) is 9.53 Å². The average molecular weight is 211 g/mol. The predicted molar refractivity (Wildman–Crippen MR) is 58.6 cm³/mol. The second kappa shape index (κ2) is 4.52. The quantitative estimate of drug-likeness (QED) is 0.709. The van der Waals surface area contributed by atoms with Crippen molar-refractivity contribution >= 4 is 5.97 Å². The highest BCUT2D eigenvalue weighted by Crippen LogP contribution is 2.40. The SMILES string of the molecule is CCOC(=O)C1CCC2(CCCCN2)C1. The van der Waals surface area contributed by atoms with Crippen molar-refractivity contribution in [3.63, 3.8) is 0 Å². The summed E-state index contributed by atoms with van der Waals surface area (Å²) in [7, 11) is 0. The highest BCUT2D eigenvalue weighted by molar-refractivity contribution is 5.73. The van der Waals surface area contributed by atoms with Gasteiger partial charge >= 0.3 is 5.97 Å². The number of rotatable bonds is 2. The van der Waals surface area contributed by atoms with Gasteiger partial charge in [-0.05, 0) is 45.6 Å². The molecule has 1 saturated heterocycles. The minimum Gasteiger partial charge on any atom is -0.466 e. The van der Waals surface area contributed by atoms with Crippen molar-refractivity contribution in [3.8, 4) is 0 Å². The van der Waals surface area contributed by atoms with Crippen LogP contribution in [0, 0.1) is 5.92 Å². The molecule has 2 fully saturated rings. The summed E-state index contributed by atoms with van der Waals surface area (Å²) in [5.41, 5.74) is 0.273. The minimum absolute atomic E-state index is 0.0155. The van der Waals surface area contributed by atoms with Crippen LogP contribution in [0.1, 0.15) is 45.4 Å². The molecule has 1 N–H and O–H groups in total. The molecule has 3 nitrogen and oxygen atoms in total. The van der Waals surface area contributed by atoms with Gasteiger partial charge in [0.25, 0.3) is 0 Å². The van der Waals surface area contributed by atoms with Gasteiger partial charge < -0.3 is 10.1 Å². The van der Waals surface area contributed by atoms with Crippen LogP contribution in [0.2, 0.25) is 0 Å². The van der Waals surface area contributed by atoms with Crippen LogP contribution in [0.3, 0.4) is 0 Å². The molecule has 3 heteroatoms. The summed E-state index contributed by atoms with van der Waals surface area (Å²) < 4.78 is 5.09. The molecule has 1 aliphatic carbocycles. The molecule has 2 unspecified atom stereocenters. The molecule has 0 aromatic rings. The summed E-state index contributed by atoms with van der Waals surface area (Å²) in [6.07, 6.45) is 6.98. The zero-order valence-electron chi connectivity index (χ0n) is 9.55. The van der Waals surface area contributed by atoms with E-state index in [4.69, 9.17) is 4.74 Å². The van der Waals surface area contributed by atoms with Gasteiger partial charge in [0, 0.05) is 5.54 Å². The molecule has 2 atom stereocenters. The maximum absolute atomic E-state index is 11.6. The Kier molecular flexibility index (Phi) is 3.29. The number of hydrogen-bond donors (Lipinski definition) is 1. The highest BCUT2D eigenvalue weighted by atomic mass is 16.5. The molecule has 0 aromatic heterocycles. The highest BCUT2D eigenvalue weighted by Gasteiger charge is 2.42. The molecule has 0 amide bonds. The number of carbonyl (C=O) groups is 1. The molecule has 1 aliphatic heterocycles. The van der Waals surface area contributed by atoms with Gasteiger partial charge in [-0.25, -0.2) is 0 Å². The number of hydrogen-bond acceptors (Lipinski definition) is 3. The Hall–Kier alpha value is -0.570. The van der Waals surface area contributed by atoms with E-state index in [-0.39, 0.29) is 17.4 Å². The summed E-state index contributed by atoms with van der Waals surface area (Å²) in [4.78, 5) is 11.6. The van der Waals surface area contributed by atoms with Crippen LogP contribution in [-0.4, -0.2) is 24.7 Å². The van der Waals surface area contributed by atoms with E-state index in [0.29, 0.717) is 6.61 Å². The molecular formula is C12H21NO2. The van der Waals surface area contributed by atoms with Crippen LogP contribution in [0.15, 0.2) is 0 Å². The Morgan fingerprint density at radius 3 is 3.00 bits per heavy atom.